The fraction of sp³-hybridized carbons (Fsp3) is 0.385. The minimum Gasteiger partial charge on any atom is -0.480 e. The van der Waals surface area contributed by atoms with Crippen LogP contribution in [0.5, 0.6) is 0 Å². The minimum atomic E-state index is -4.60. The molecule has 12 heteroatoms. The van der Waals surface area contributed by atoms with Crippen molar-refractivity contribution in [1.82, 2.24) is 9.21 Å². The number of rotatable bonds is 3. The first-order valence-electron chi connectivity index (χ1n) is 6.91. The lowest BCUT2D eigenvalue weighted by molar-refractivity contribution is -0.142. The van der Waals surface area contributed by atoms with Gasteiger partial charge in [0.1, 0.15) is 6.04 Å². The van der Waals surface area contributed by atoms with Gasteiger partial charge < -0.3 is 15.7 Å². The van der Waals surface area contributed by atoms with Crippen molar-refractivity contribution >= 4 is 33.3 Å². The summed E-state index contributed by atoms with van der Waals surface area (Å²) in [4.78, 5) is 12.4. The second-order valence-corrected chi connectivity index (χ2v) is 7.59. The lowest BCUT2D eigenvalue weighted by Crippen LogP contribution is -2.60. The van der Waals surface area contributed by atoms with E-state index in [1.807, 2.05) is 0 Å². The van der Waals surface area contributed by atoms with Gasteiger partial charge in [-0.1, -0.05) is 0 Å². The molecule has 0 unspecified atom stereocenters. The normalized spacial score (nSPS) is 19.6. The van der Waals surface area contributed by atoms with Gasteiger partial charge >= 0.3 is 12.1 Å². The predicted octanol–water partition coefficient (Wildman–Crippen LogP) is 0.709. The van der Waals surface area contributed by atoms with E-state index in [2.05, 4.69) is 0 Å². The van der Waals surface area contributed by atoms with Crippen LogP contribution in [0.4, 0.5) is 13.2 Å². The second kappa shape index (κ2) is 6.77. The summed E-state index contributed by atoms with van der Waals surface area (Å²) in [6.45, 7) is -0.374. The van der Waals surface area contributed by atoms with E-state index in [0.29, 0.717) is 12.1 Å². The number of carbonyl (C=O) groups is 1. The Labute approximate surface area is 146 Å². The molecule has 138 valence electrons. The van der Waals surface area contributed by atoms with Gasteiger partial charge in [-0.25, -0.2) is 8.42 Å². The number of hydrogen-bond acceptors (Lipinski definition) is 4. The van der Waals surface area contributed by atoms with Crippen LogP contribution in [0.25, 0.3) is 0 Å². The third-order valence-corrected chi connectivity index (χ3v) is 5.90. The van der Waals surface area contributed by atoms with Gasteiger partial charge in [0, 0.05) is 19.6 Å². The van der Waals surface area contributed by atoms with Crippen molar-refractivity contribution in [1.29, 1.82) is 0 Å². The maximum atomic E-state index is 12.6. The molecular formula is C13H14F3N3O4S2. The standard InChI is InChI=1S/C13H14F3N3O4S2/c14-13(15,16)8-1-3-9(4-2-8)25(22,23)19-6-5-18(12(17)24)7-10(19)11(20)21/h1-4,10H,5-7H2,(H2,17,24)(H,20,21)/t10-/m1/s1. The number of sulfonamides is 1. The highest BCUT2D eigenvalue weighted by molar-refractivity contribution is 7.89. The summed E-state index contributed by atoms with van der Waals surface area (Å²) < 4.78 is 63.8. The van der Waals surface area contributed by atoms with Crippen LogP contribution in [0.15, 0.2) is 29.2 Å². The van der Waals surface area contributed by atoms with E-state index >= 15 is 0 Å². The van der Waals surface area contributed by atoms with E-state index in [0.717, 1.165) is 16.4 Å². The number of hydrogen-bond donors (Lipinski definition) is 2. The molecule has 0 amide bonds. The number of alkyl halides is 3. The molecule has 0 aliphatic carbocycles. The van der Waals surface area contributed by atoms with Gasteiger partial charge in [0.25, 0.3) is 0 Å². The predicted molar refractivity (Wildman–Crippen MR) is 85.1 cm³/mol. The van der Waals surface area contributed by atoms with Gasteiger partial charge in [-0.15, -0.1) is 0 Å². The molecular weight excluding hydrogens is 383 g/mol. The third kappa shape index (κ3) is 4.02. The average molecular weight is 397 g/mol. The summed E-state index contributed by atoms with van der Waals surface area (Å²) in [6, 6.07) is 1.41. The molecule has 7 nitrogen and oxygen atoms in total. The quantitative estimate of drug-likeness (QED) is 0.724. The maximum Gasteiger partial charge on any atom is 0.416 e. The van der Waals surface area contributed by atoms with Crippen LogP contribution in [-0.4, -0.2) is 59.5 Å². The largest absolute Gasteiger partial charge is 0.480 e. The summed E-state index contributed by atoms with van der Waals surface area (Å²) in [5.41, 5.74) is 4.44. The van der Waals surface area contributed by atoms with Crippen LogP contribution < -0.4 is 5.73 Å². The van der Waals surface area contributed by atoms with E-state index in [4.69, 9.17) is 18.0 Å². The molecule has 1 aliphatic rings. The molecule has 1 atom stereocenters. The van der Waals surface area contributed by atoms with Crippen LogP contribution in [0, 0.1) is 0 Å². The van der Waals surface area contributed by atoms with Gasteiger partial charge in [0.2, 0.25) is 10.0 Å². The Kier molecular flexibility index (Phi) is 5.25. The highest BCUT2D eigenvalue weighted by Gasteiger charge is 2.41. The number of aliphatic carboxylic acids is 1. The zero-order valence-electron chi connectivity index (χ0n) is 12.6. The summed E-state index contributed by atoms with van der Waals surface area (Å²) in [5.74, 6) is -1.41. The molecule has 0 bridgehead atoms. The van der Waals surface area contributed by atoms with Crippen molar-refractivity contribution in [3.63, 3.8) is 0 Å². The fourth-order valence-electron chi connectivity index (χ4n) is 2.41. The lowest BCUT2D eigenvalue weighted by atomic mass is 10.2. The smallest absolute Gasteiger partial charge is 0.416 e. The number of halogens is 3. The molecule has 25 heavy (non-hydrogen) atoms. The van der Waals surface area contributed by atoms with Crippen LogP contribution in [0.3, 0.4) is 0 Å². The van der Waals surface area contributed by atoms with E-state index in [-0.39, 0.29) is 24.7 Å². The van der Waals surface area contributed by atoms with Gasteiger partial charge in [0.15, 0.2) is 5.11 Å². The van der Waals surface area contributed by atoms with Gasteiger partial charge in [-0.3, -0.25) is 4.79 Å². The minimum absolute atomic E-state index is 0.0576. The van der Waals surface area contributed by atoms with Crippen molar-refractivity contribution in [2.75, 3.05) is 19.6 Å². The van der Waals surface area contributed by atoms with Gasteiger partial charge in [-0.05, 0) is 36.5 Å². The molecule has 0 saturated carbocycles. The molecule has 0 aromatic heterocycles. The average Bonchev–Trinajstić information content (AvgIpc) is 2.53. The molecule has 1 aliphatic heterocycles. The first-order valence-corrected chi connectivity index (χ1v) is 8.75. The molecule has 2 rings (SSSR count). The highest BCUT2D eigenvalue weighted by atomic mass is 32.2. The fourth-order valence-corrected chi connectivity index (χ4v) is 4.14. The first kappa shape index (κ1) is 19.4. The number of nitrogens with two attached hydrogens (primary N) is 1. The molecule has 0 radical (unpaired) electrons. The van der Waals surface area contributed by atoms with Crippen molar-refractivity contribution in [3.8, 4) is 0 Å². The van der Waals surface area contributed by atoms with Crippen LogP contribution in [0.2, 0.25) is 0 Å². The van der Waals surface area contributed by atoms with Gasteiger partial charge in [0.05, 0.1) is 10.5 Å². The molecule has 1 fully saturated rings. The SMILES string of the molecule is NC(=S)N1CCN(S(=O)(=O)c2ccc(C(F)(F)F)cc2)[C@@H](C(=O)O)C1. The molecule has 1 aromatic rings. The summed E-state index contributed by atoms with van der Waals surface area (Å²) in [5, 5.41) is 9.25. The Hall–Kier alpha value is -1.92. The molecule has 3 N–H and O–H groups in total. The Morgan fingerprint density at radius 1 is 1.24 bits per heavy atom. The lowest BCUT2D eigenvalue weighted by Gasteiger charge is -2.38. The topological polar surface area (TPSA) is 104 Å². The molecule has 1 aromatic carbocycles. The zero-order valence-corrected chi connectivity index (χ0v) is 14.2. The maximum absolute atomic E-state index is 12.6. The van der Waals surface area contributed by atoms with Crippen molar-refractivity contribution in [2.24, 2.45) is 5.73 Å². The van der Waals surface area contributed by atoms with Crippen LogP contribution in [-0.2, 0) is 21.0 Å². The summed E-state index contributed by atoms with van der Waals surface area (Å²) >= 11 is 4.77. The van der Waals surface area contributed by atoms with Crippen molar-refractivity contribution in [3.05, 3.63) is 29.8 Å². The van der Waals surface area contributed by atoms with E-state index < -0.39 is 38.7 Å². The Morgan fingerprint density at radius 2 is 1.80 bits per heavy atom. The summed E-state index contributed by atoms with van der Waals surface area (Å²) in [7, 11) is -4.29. The van der Waals surface area contributed by atoms with Gasteiger partial charge in [-0.2, -0.15) is 17.5 Å². The molecule has 0 spiro atoms. The number of carboxylic acid groups (broad SMARTS) is 1. The van der Waals surface area contributed by atoms with Crippen LogP contribution >= 0.6 is 12.2 Å². The van der Waals surface area contributed by atoms with Crippen molar-refractivity contribution in [2.45, 2.75) is 17.1 Å². The number of nitrogens with zero attached hydrogens (tertiary/aromatic N) is 2. The third-order valence-electron chi connectivity index (χ3n) is 3.72. The number of piperazine rings is 1. The number of benzene rings is 1. The Bertz CT molecular complexity index is 781. The van der Waals surface area contributed by atoms with Crippen molar-refractivity contribution < 1.29 is 31.5 Å². The monoisotopic (exact) mass is 397 g/mol. The first-order chi connectivity index (χ1) is 11.4. The van der Waals surface area contributed by atoms with E-state index in [1.54, 1.807) is 0 Å². The van der Waals surface area contributed by atoms with E-state index in [9.17, 15) is 31.5 Å². The van der Waals surface area contributed by atoms with E-state index in [1.165, 1.54) is 4.90 Å². The highest BCUT2D eigenvalue weighted by Crippen LogP contribution is 2.30. The molecule has 1 heterocycles. The summed E-state index contributed by atoms with van der Waals surface area (Å²) in [6.07, 6.45) is -4.60. The number of thiocarbonyl (C=S) groups is 1. The zero-order chi connectivity index (χ0) is 19.0. The number of carboxylic acids is 1. The second-order valence-electron chi connectivity index (χ2n) is 5.28. The Morgan fingerprint density at radius 3 is 2.24 bits per heavy atom. The Balaban J connectivity index is 2.34. The molecule has 1 saturated heterocycles. The van der Waals surface area contributed by atoms with Crippen LogP contribution in [0.1, 0.15) is 5.56 Å².